The molecule has 0 amide bonds. The van der Waals surface area contributed by atoms with Crippen LogP contribution in [-0.4, -0.2) is 26.0 Å². The van der Waals surface area contributed by atoms with Crippen molar-refractivity contribution in [3.63, 3.8) is 0 Å². The van der Waals surface area contributed by atoms with Crippen molar-refractivity contribution in [2.24, 2.45) is 13.0 Å². The van der Waals surface area contributed by atoms with E-state index in [1.54, 1.807) is 24.9 Å². The second kappa shape index (κ2) is 5.82. The Morgan fingerprint density at radius 3 is 2.65 bits per heavy atom. The normalized spacial score (nSPS) is 14.6. The molecule has 5 nitrogen and oxygen atoms in total. The first-order chi connectivity index (χ1) is 7.97. The summed E-state index contributed by atoms with van der Waals surface area (Å²) in [5.41, 5.74) is 1.29. The zero-order valence-electron chi connectivity index (χ0n) is 10.6. The second-order valence-electron chi connectivity index (χ2n) is 4.38. The first kappa shape index (κ1) is 13.7. The van der Waals surface area contributed by atoms with Crippen molar-refractivity contribution in [1.82, 2.24) is 9.78 Å². The molecule has 0 aromatic carbocycles. The van der Waals surface area contributed by atoms with Crippen LogP contribution in [0.4, 0.5) is 0 Å². The van der Waals surface area contributed by atoms with Crippen molar-refractivity contribution in [2.45, 2.75) is 39.2 Å². The minimum absolute atomic E-state index is 0.487. The third kappa shape index (κ3) is 3.30. The zero-order valence-corrected chi connectivity index (χ0v) is 10.6. The van der Waals surface area contributed by atoms with E-state index in [9.17, 15) is 9.90 Å². The largest absolute Gasteiger partial charge is 0.481 e. The van der Waals surface area contributed by atoms with Crippen LogP contribution in [0.25, 0.3) is 0 Å². The van der Waals surface area contributed by atoms with E-state index in [1.807, 2.05) is 6.92 Å². The van der Waals surface area contributed by atoms with Gasteiger partial charge >= 0.3 is 5.97 Å². The molecule has 2 N–H and O–H groups in total. The second-order valence-corrected chi connectivity index (χ2v) is 4.38. The van der Waals surface area contributed by atoms with Crippen molar-refractivity contribution in [1.29, 1.82) is 0 Å². The highest BCUT2D eigenvalue weighted by Gasteiger charge is 2.29. The number of aliphatic hydroxyl groups is 1. The molecule has 0 bridgehead atoms. The topological polar surface area (TPSA) is 75.3 Å². The van der Waals surface area contributed by atoms with Crippen molar-refractivity contribution < 1.29 is 15.0 Å². The lowest BCUT2D eigenvalue weighted by Gasteiger charge is -2.18. The summed E-state index contributed by atoms with van der Waals surface area (Å²) in [5, 5.41) is 23.4. The molecule has 0 aliphatic carbocycles. The molecule has 0 spiro atoms. The van der Waals surface area contributed by atoms with Crippen LogP contribution in [0.1, 0.15) is 43.5 Å². The summed E-state index contributed by atoms with van der Waals surface area (Å²) in [4.78, 5) is 11.2. The number of rotatable bonds is 6. The van der Waals surface area contributed by atoms with Crippen LogP contribution in [0.3, 0.4) is 0 Å². The van der Waals surface area contributed by atoms with Crippen LogP contribution < -0.4 is 0 Å². The van der Waals surface area contributed by atoms with E-state index in [0.717, 1.165) is 12.8 Å². The zero-order chi connectivity index (χ0) is 13.0. The van der Waals surface area contributed by atoms with Gasteiger partial charge in [-0.15, -0.1) is 0 Å². The number of aryl methyl sites for hydroxylation is 2. The molecular weight excluding hydrogens is 220 g/mol. The molecule has 0 saturated heterocycles. The number of carboxylic acids is 1. The van der Waals surface area contributed by atoms with Crippen molar-refractivity contribution in [3.05, 3.63) is 17.5 Å². The van der Waals surface area contributed by atoms with E-state index >= 15 is 0 Å². The Bertz CT molecular complexity index is 387. The predicted octanol–water partition coefficient (Wildman–Crippen LogP) is 1.65. The molecule has 1 aromatic rings. The molecule has 2 unspecified atom stereocenters. The number of aliphatic hydroxyl groups excluding tert-OH is 1. The SMILES string of the molecule is CCCCC(C(=O)O)C(O)c1cn(C)nc1C. The summed E-state index contributed by atoms with van der Waals surface area (Å²) in [6.45, 7) is 3.78. The van der Waals surface area contributed by atoms with Gasteiger partial charge < -0.3 is 10.2 Å². The van der Waals surface area contributed by atoms with E-state index in [2.05, 4.69) is 5.10 Å². The number of nitrogens with zero attached hydrogens (tertiary/aromatic N) is 2. The van der Waals surface area contributed by atoms with E-state index in [4.69, 9.17) is 5.11 Å². The van der Waals surface area contributed by atoms with E-state index < -0.39 is 18.0 Å². The maximum absolute atomic E-state index is 11.2. The van der Waals surface area contributed by atoms with Crippen LogP contribution in [0.5, 0.6) is 0 Å². The highest BCUT2D eigenvalue weighted by molar-refractivity contribution is 5.71. The summed E-state index contributed by atoms with van der Waals surface area (Å²) < 4.78 is 1.59. The standard InChI is InChI=1S/C12H20N2O3/c1-4-5-6-9(12(16)17)11(15)10-7-14(3)13-8(10)2/h7,9,11,15H,4-6H2,1-3H3,(H,16,17). The molecule has 0 aliphatic heterocycles. The quantitative estimate of drug-likeness (QED) is 0.792. The smallest absolute Gasteiger partial charge is 0.309 e. The van der Waals surface area contributed by atoms with Gasteiger partial charge in [-0.2, -0.15) is 5.10 Å². The summed E-state index contributed by atoms with van der Waals surface area (Å²) in [6, 6.07) is 0. The molecule has 1 aromatic heterocycles. The predicted molar refractivity (Wildman–Crippen MR) is 63.6 cm³/mol. The Kier molecular flexibility index (Phi) is 4.69. The van der Waals surface area contributed by atoms with E-state index in [0.29, 0.717) is 17.7 Å². The Labute approximate surface area is 101 Å². The highest BCUT2D eigenvalue weighted by Crippen LogP contribution is 2.28. The molecule has 2 atom stereocenters. The van der Waals surface area contributed by atoms with E-state index in [-0.39, 0.29) is 0 Å². The van der Waals surface area contributed by atoms with Crippen LogP contribution in [0, 0.1) is 12.8 Å². The molecule has 1 rings (SSSR count). The average molecular weight is 240 g/mol. The maximum Gasteiger partial charge on any atom is 0.309 e. The number of hydrogen-bond donors (Lipinski definition) is 2. The average Bonchev–Trinajstić information content (AvgIpc) is 2.57. The molecule has 0 radical (unpaired) electrons. The lowest BCUT2D eigenvalue weighted by Crippen LogP contribution is -2.22. The fourth-order valence-corrected chi connectivity index (χ4v) is 1.97. The molecule has 5 heteroatoms. The van der Waals surface area contributed by atoms with Crippen molar-refractivity contribution in [2.75, 3.05) is 0 Å². The van der Waals surface area contributed by atoms with Gasteiger partial charge in [0.25, 0.3) is 0 Å². The van der Waals surface area contributed by atoms with Gasteiger partial charge in [-0.05, 0) is 13.3 Å². The number of aromatic nitrogens is 2. The third-order valence-corrected chi connectivity index (χ3v) is 2.94. The van der Waals surface area contributed by atoms with E-state index in [1.165, 1.54) is 0 Å². The molecule has 17 heavy (non-hydrogen) atoms. The van der Waals surface area contributed by atoms with Crippen LogP contribution in [0.15, 0.2) is 6.20 Å². The molecule has 96 valence electrons. The monoisotopic (exact) mass is 240 g/mol. The fraction of sp³-hybridized carbons (Fsp3) is 0.667. The minimum atomic E-state index is -0.979. The molecule has 0 saturated carbocycles. The highest BCUT2D eigenvalue weighted by atomic mass is 16.4. The lowest BCUT2D eigenvalue weighted by atomic mass is 9.91. The summed E-state index contributed by atoms with van der Waals surface area (Å²) in [5.74, 6) is -1.70. The molecule has 0 aliphatic rings. The number of aliphatic carboxylic acids is 1. The summed E-state index contributed by atoms with van der Waals surface area (Å²) in [7, 11) is 1.75. The number of unbranched alkanes of at least 4 members (excludes halogenated alkanes) is 1. The number of hydrogen-bond acceptors (Lipinski definition) is 3. The lowest BCUT2D eigenvalue weighted by molar-refractivity contribution is -0.146. The first-order valence-electron chi connectivity index (χ1n) is 5.88. The first-order valence-corrected chi connectivity index (χ1v) is 5.88. The Balaban J connectivity index is 2.87. The Hall–Kier alpha value is -1.36. The Morgan fingerprint density at radius 1 is 1.59 bits per heavy atom. The molecule has 1 heterocycles. The third-order valence-electron chi connectivity index (χ3n) is 2.94. The minimum Gasteiger partial charge on any atom is -0.481 e. The molecular formula is C12H20N2O3. The Morgan fingerprint density at radius 2 is 2.24 bits per heavy atom. The van der Waals surface area contributed by atoms with Crippen LogP contribution in [-0.2, 0) is 11.8 Å². The van der Waals surface area contributed by atoms with Gasteiger partial charge in [-0.25, -0.2) is 0 Å². The van der Waals surface area contributed by atoms with Gasteiger partial charge in [0.15, 0.2) is 0 Å². The number of carboxylic acid groups (broad SMARTS) is 1. The van der Waals surface area contributed by atoms with Crippen molar-refractivity contribution in [3.8, 4) is 0 Å². The van der Waals surface area contributed by atoms with Gasteiger partial charge in [-0.1, -0.05) is 19.8 Å². The van der Waals surface area contributed by atoms with Gasteiger partial charge in [-0.3, -0.25) is 9.48 Å². The van der Waals surface area contributed by atoms with Gasteiger partial charge in [0, 0.05) is 18.8 Å². The fourth-order valence-electron chi connectivity index (χ4n) is 1.97. The van der Waals surface area contributed by atoms with Crippen LogP contribution >= 0.6 is 0 Å². The molecule has 0 fully saturated rings. The van der Waals surface area contributed by atoms with Gasteiger partial charge in [0.05, 0.1) is 17.7 Å². The van der Waals surface area contributed by atoms with Gasteiger partial charge in [0.1, 0.15) is 0 Å². The van der Waals surface area contributed by atoms with Crippen LogP contribution in [0.2, 0.25) is 0 Å². The summed E-state index contributed by atoms with van der Waals surface area (Å²) in [6.07, 6.45) is 2.91. The van der Waals surface area contributed by atoms with Crippen molar-refractivity contribution >= 4 is 5.97 Å². The summed E-state index contributed by atoms with van der Waals surface area (Å²) >= 11 is 0. The maximum atomic E-state index is 11.2. The number of carbonyl (C=O) groups is 1. The van der Waals surface area contributed by atoms with Gasteiger partial charge in [0.2, 0.25) is 0 Å².